The Morgan fingerprint density at radius 2 is 0.929 bits per heavy atom. The first kappa shape index (κ1) is 11.9. The van der Waals surface area contributed by atoms with Crippen LogP contribution in [0.1, 0.15) is 13.8 Å². The molecule has 0 aliphatic heterocycles. The Hall–Kier alpha value is -0.200. The molecule has 6 atom stereocenters. The van der Waals surface area contributed by atoms with E-state index in [1.54, 1.807) is 13.8 Å². The monoisotopic (exact) mass is 206 g/mol. The zero-order valence-corrected chi connectivity index (χ0v) is 8.28. The first-order valence-corrected chi connectivity index (χ1v) is 4.78. The van der Waals surface area contributed by atoms with Crippen LogP contribution in [-0.4, -0.2) is 56.1 Å². The van der Waals surface area contributed by atoms with Gasteiger partial charge in [-0.05, 0) is 5.92 Å². The lowest BCUT2D eigenvalue weighted by molar-refractivity contribution is -0.211. The molecule has 0 radical (unpaired) electrons. The summed E-state index contributed by atoms with van der Waals surface area (Å²) < 4.78 is 0. The van der Waals surface area contributed by atoms with Gasteiger partial charge >= 0.3 is 0 Å². The molecule has 0 saturated heterocycles. The molecule has 5 N–H and O–H groups in total. The van der Waals surface area contributed by atoms with E-state index in [0.29, 0.717) is 0 Å². The maximum absolute atomic E-state index is 9.59. The molecule has 1 aliphatic carbocycles. The van der Waals surface area contributed by atoms with Crippen LogP contribution in [0.15, 0.2) is 0 Å². The van der Waals surface area contributed by atoms with Gasteiger partial charge in [0.1, 0.15) is 18.3 Å². The minimum absolute atomic E-state index is 0.0863. The number of rotatable bonds is 1. The number of aliphatic hydroxyl groups is 5. The van der Waals surface area contributed by atoms with Crippen molar-refractivity contribution >= 4 is 0 Å². The summed E-state index contributed by atoms with van der Waals surface area (Å²) in [6, 6.07) is 0. The van der Waals surface area contributed by atoms with Gasteiger partial charge < -0.3 is 25.5 Å². The molecule has 5 heteroatoms. The summed E-state index contributed by atoms with van der Waals surface area (Å²) in [6.45, 7) is 3.54. The molecule has 1 aliphatic rings. The third-order valence-electron chi connectivity index (χ3n) is 2.96. The Morgan fingerprint density at radius 1 is 0.643 bits per heavy atom. The van der Waals surface area contributed by atoms with Crippen molar-refractivity contribution in [2.24, 2.45) is 11.8 Å². The van der Waals surface area contributed by atoms with Gasteiger partial charge in [0.25, 0.3) is 0 Å². The van der Waals surface area contributed by atoms with Crippen LogP contribution in [0, 0.1) is 11.8 Å². The average molecular weight is 206 g/mol. The molecule has 0 aromatic heterocycles. The molecular formula is C9H18O5. The van der Waals surface area contributed by atoms with E-state index < -0.39 is 36.4 Å². The average Bonchev–Trinajstić information content (AvgIpc) is 2.11. The van der Waals surface area contributed by atoms with Gasteiger partial charge in [-0.15, -0.1) is 0 Å². The highest BCUT2D eigenvalue weighted by atomic mass is 16.4. The summed E-state index contributed by atoms with van der Waals surface area (Å²) in [4.78, 5) is 0. The Balaban J connectivity index is 2.86. The van der Waals surface area contributed by atoms with Crippen LogP contribution in [0.25, 0.3) is 0 Å². The van der Waals surface area contributed by atoms with Gasteiger partial charge in [0.2, 0.25) is 0 Å². The molecule has 84 valence electrons. The summed E-state index contributed by atoms with van der Waals surface area (Å²) in [5.74, 6) is -0.708. The second kappa shape index (κ2) is 4.12. The lowest BCUT2D eigenvalue weighted by Gasteiger charge is -2.43. The normalized spacial score (nSPS) is 49.7. The SMILES string of the molecule is CC(C)[C@@H]1[C@H](O)[C@H](O)[C@@H](O)[C@H](O)[C@H]1O. The van der Waals surface area contributed by atoms with Crippen molar-refractivity contribution in [2.75, 3.05) is 0 Å². The fourth-order valence-electron chi connectivity index (χ4n) is 2.05. The summed E-state index contributed by atoms with van der Waals surface area (Å²) in [5.41, 5.74) is 0. The van der Waals surface area contributed by atoms with Crippen molar-refractivity contribution in [3.05, 3.63) is 0 Å². The van der Waals surface area contributed by atoms with Crippen LogP contribution >= 0.6 is 0 Å². The molecule has 0 unspecified atom stereocenters. The number of hydrogen-bond donors (Lipinski definition) is 5. The van der Waals surface area contributed by atoms with Gasteiger partial charge in [0.05, 0.1) is 12.2 Å². The highest BCUT2D eigenvalue weighted by molar-refractivity contribution is 4.98. The van der Waals surface area contributed by atoms with Crippen molar-refractivity contribution in [1.82, 2.24) is 0 Å². The minimum Gasteiger partial charge on any atom is -0.390 e. The van der Waals surface area contributed by atoms with E-state index in [1.165, 1.54) is 0 Å². The summed E-state index contributed by atoms with van der Waals surface area (Å²) >= 11 is 0. The van der Waals surface area contributed by atoms with Crippen LogP contribution < -0.4 is 0 Å². The second-order valence-electron chi connectivity index (χ2n) is 4.27. The quantitative estimate of drug-likeness (QED) is 0.344. The maximum atomic E-state index is 9.59. The standard InChI is InChI=1S/C9H18O5/c1-3(2)4-5(10)7(12)9(14)8(13)6(4)11/h3-14H,1-2H3/t4-,5-,6-,7+,8-,9-/m0/s1. The lowest BCUT2D eigenvalue weighted by atomic mass is 9.73. The highest BCUT2D eigenvalue weighted by Gasteiger charge is 2.48. The molecule has 0 spiro atoms. The number of hydrogen-bond acceptors (Lipinski definition) is 5. The topological polar surface area (TPSA) is 101 Å². The van der Waals surface area contributed by atoms with E-state index in [-0.39, 0.29) is 5.92 Å². The summed E-state index contributed by atoms with van der Waals surface area (Å²) in [7, 11) is 0. The fourth-order valence-corrected chi connectivity index (χ4v) is 2.05. The molecule has 0 aromatic rings. The third kappa shape index (κ3) is 1.78. The highest BCUT2D eigenvalue weighted by Crippen LogP contribution is 2.31. The van der Waals surface area contributed by atoms with Crippen molar-refractivity contribution in [2.45, 2.75) is 44.4 Å². The Kier molecular flexibility index (Phi) is 3.49. The van der Waals surface area contributed by atoms with Crippen LogP contribution in [0.4, 0.5) is 0 Å². The van der Waals surface area contributed by atoms with Gasteiger partial charge in [0, 0.05) is 5.92 Å². The predicted molar refractivity (Wildman–Crippen MR) is 48.4 cm³/mol. The van der Waals surface area contributed by atoms with E-state index >= 15 is 0 Å². The van der Waals surface area contributed by atoms with Crippen molar-refractivity contribution in [1.29, 1.82) is 0 Å². The zero-order valence-electron chi connectivity index (χ0n) is 8.28. The molecule has 1 fully saturated rings. The van der Waals surface area contributed by atoms with E-state index in [9.17, 15) is 25.5 Å². The van der Waals surface area contributed by atoms with E-state index in [2.05, 4.69) is 0 Å². The first-order chi connectivity index (χ1) is 6.37. The van der Waals surface area contributed by atoms with Gasteiger partial charge in [-0.3, -0.25) is 0 Å². The zero-order chi connectivity index (χ0) is 11.0. The van der Waals surface area contributed by atoms with E-state index in [1.807, 2.05) is 0 Å². The molecule has 1 rings (SSSR count). The predicted octanol–water partition coefficient (Wildman–Crippen LogP) is -1.92. The Labute approximate surface area is 82.6 Å². The largest absolute Gasteiger partial charge is 0.390 e. The van der Waals surface area contributed by atoms with Gasteiger partial charge in [-0.1, -0.05) is 13.8 Å². The molecule has 0 bridgehead atoms. The second-order valence-corrected chi connectivity index (χ2v) is 4.27. The fraction of sp³-hybridized carbons (Fsp3) is 1.00. The minimum atomic E-state index is -1.49. The van der Waals surface area contributed by atoms with Crippen molar-refractivity contribution < 1.29 is 25.5 Å². The molecule has 1 saturated carbocycles. The molecule has 14 heavy (non-hydrogen) atoms. The molecule has 0 aromatic carbocycles. The lowest BCUT2D eigenvalue weighted by Crippen LogP contribution is -2.62. The maximum Gasteiger partial charge on any atom is 0.111 e. The first-order valence-electron chi connectivity index (χ1n) is 4.78. The summed E-state index contributed by atoms with van der Waals surface area (Å²) in [5, 5.41) is 47.2. The van der Waals surface area contributed by atoms with Crippen LogP contribution in [0.3, 0.4) is 0 Å². The third-order valence-corrected chi connectivity index (χ3v) is 2.96. The number of aliphatic hydroxyl groups excluding tert-OH is 5. The Bertz CT molecular complexity index is 180. The molecule has 0 amide bonds. The van der Waals surface area contributed by atoms with Crippen LogP contribution in [-0.2, 0) is 0 Å². The van der Waals surface area contributed by atoms with Crippen molar-refractivity contribution in [3.63, 3.8) is 0 Å². The van der Waals surface area contributed by atoms with Gasteiger partial charge in [-0.25, -0.2) is 0 Å². The van der Waals surface area contributed by atoms with E-state index in [0.717, 1.165) is 0 Å². The smallest absolute Gasteiger partial charge is 0.111 e. The Morgan fingerprint density at radius 3 is 1.21 bits per heavy atom. The van der Waals surface area contributed by atoms with E-state index in [4.69, 9.17) is 0 Å². The van der Waals surface area contributed by atoms with Gasteiger partial charge in [0.15, 0.2) is 0 Å². The molecule has 0 heterocycles. The molecule has 5 nitrogen and oxygen atoms in total. The van der Waals surface area contributed by atoms with Crippen LogP contribution in [0.5, 0.6) is 0 Å². The molecular weight excluding hydrogens is 188 g/mol. The summed E-state index contributed by atoms with van der Waals surface area (Å²) in [6.07, 6.45) is -6.71. The van der Waals surface area contributed by atoms with Crippen LogP contribution in [0.2, 0.25) is 0 Å². The van der Waals surface area contributed by atoms with Gasteiger partial charge in [-0.2, -0.15) is 0 Å². The van der Waals surface area contributed by atoms with Crippen molar-refractivity contribution in [3.8, 4) is 0 Å².